The van der Waals surface area contributed by atoms with Gasteiger partial charge in [0.05, 0.1) is 5.56 Å². The Morgan fingerprint density at radius 3 is 2.85 bits per heavy atom. The molecule has 106 valence electrons. The van der Waals surface area contributed by atoms with Gasteiger partial charge in [0.25, 0.3) is 0 Å². The van der Waals surface area contributed by atoms with Crippen LogP contribution in [0.1, 0.15) is 36.1 Å². The Morgan fingerprint density at radius 2 is 2.15 bits per heavy atom. The molecule has 3 atom stereocenters. The van der Waals surface area contributed by atoms with Gasteiger partial charge in [-0.25, -0.2) is 4.98 Å². The molecule has 0 amide bonds. The molecule has 2 aliphatic rings. The van der Waals surface area contributed by atoms with Gasteiger partial charge in [-0.3, -0.25) is 0 Å². The molecule has 1 aromatic heterocycles. The van der Waals surface area contributed by atoms with E-state index < -0.39 is 0 Å². The molecule has 3 rings (SSSR count). The molecule has 2 heterocycles. The highest BCUT2D eigenvalue weighted by atomic mass is 15.2. The first kappa shape index (κ1) is 13.4. The molecule has 2 N–H and O–H groups in total. The van der Waals surface area contributed by atoms with Crippen LogP contribution >= 0.6 is 0 Å². The maximum atomic E-state index is 9.42. The third-order valence-corrected chi connectivity index (χ3v) is 4.89. The Hall–Kier alpha value is -1.60. The van der Waals surface area contributed by atoms with Crippen LogP contribution in [-0.2, 0) is 0 Å². The van der Waals surface area contributed by atoms with Gasteiger partial charge >= 0.3 is 0 Å². The molecule has 1 aromatic rings. The molecular formula is C16H22N4. The molecule has 1 aliphatic carbocycles. The molecular weight excluding hydrogens is 248 g/mol. The van der Waals surface area contributed by atoms with E-state index in [0.29, 0.717) is 17.9 Å². The maximum absolute atomic E-state index is 9.42. The highest BCUT2D eigenvalue weighted by Gasteiger charge is 2.39. The lowest BCUT2D eigenvalue weighted by Gasteiger charge is -2.29. The van der Waals surface area contributed by atoms with E-state index in [1.54, 1.807) is 0 Å². The Balaban J connectivity index is 1.93. The van der Waals surface area contributed by atoms with Crippen LogP contribution in [0.4, 0.5) is 5.82 Å². The quantitative estimate of drug-likeness (QED) is 0.849. The zero-order valence-corrected chi connectivity index (χ0v) is 12.3. The highest BCUT2D eigenvalue weighted by molar-refractivity contribution is 5.58. The van der Waals surface area contributed by atoms with E-state index in [2.05, 4.69) is 16.0 Å². The van der Waals surface area contributed by atoms with Crippen LogP contribution in [0.2, 0.25) is 0 Å². The van der Waals surface area contributed by atoms with Crippen molar-refractivity contribution in [2.75, 3.05) is 18.0 Å². The van der Waals surface area contributed by atoms with Crippen LogP contribution in [0.15, 0.2) is 6.07 Å². The molecule has 1 aliphatic heterocycles. The third kappa shape index (κ3) is 2.16. The topological polar surface area (TPSA) is 65.9 Å². The second-order valence-electron chi connectivity index (χ2n) is 6.31. The van der Waals surface area contributed by atoms with Crippen LogP contribution in [0.25, 0.3) is 0 Å². The second kappa shape index (κ2) is 5.06. The number of hydrogen-bond donors (Lipinski definition) is 1. The predicted molar refractivity (Wildman–Crippen MR) is 79.4 cm³/mol. The SMILES string of the molecule is Cc1cc(C)c(C#N)c(N2CC3CCCC(N)C3C2)n1. The summed E-state index contributed by atoms with van der Waals surface area (Å²) in [5, 5.41) is 9.42. The van der Waals surface area contributed by atoms with Crippen molar-refractivity contribution in [3.8, 4) is 6.07 Å². The van der Waals surface area contributed by atoms with Gasteiger partial charge in [0.2, 0.25) is 0 Å². The minimum atomic E-state index is 0.315. The number of nitriles is 1. The summed E-state index contributed by atoms with van der Waals surface area (Å²) < 4.78 is 0. The fraction of sp³-hybridized carbons (Fsp3) is 0.625. The van der Waals surface area contributed by atoms with Gasteiger partial charge in [-0.1, -0.05) is 6.42 Å². The number of hydrogen-bond acceptors (Lipinski definition) is 4. The van der Waals surface area contributed by atoms with Crippen molar-refractivity contribution in [1.29, 1.82) is 5.26 Å². The Morgan fingerprint density at radius 1 is 1.35 bits per heavy atom. The van der Waals surface area contributed by atoms with Gasteiger partial charge in [0.1, 0.15) is 11.9 Å². The fourth-order valence-electron chi connectivity index (χ4n) is 3.87. The average molecular weight is 270 g/mol. The first-order valence-corrected chi connectivity index (χ1v) is 7.49. The average Bonchev–Trinajstić information content (AvgIpc) is 2.83. The Kier molecular flexibility index (Phi) is 3.39. The van der Waals surface area contributed by atoms with Crippen LogP contribution in [0.5, 0.6) is 0 Å². The zero-order chi connectivity index (χ0) is 14.3. The van der Waals surface area contributed by atoms with Crippen molar-refractivity contribution in [3.05, 3.63) is 22.9 Å². The van der Waals surface area contributed by atoms with Crippen molar-refractivity contribution < 1.29 is 0 Å². The highest BCUT2D eigenvalue weighted by Crippen LogP contribution is 2.38. The molecule has 0 radical (unpaired) electrons. The standard InChI is InChI=1S/C16H22N4/c1-10-6-11(2)19-16(13(10)7-17)20-8-12-4-3-5-15(18)14(12)9-20/h6,12,14-15H,3-5,8-9,18H2,1-2H3. The number of fused-ring (bicyclic) bond motifs is 1. The van der Waals surface area contributed by atoms with Gasteiger partial charge in [0, 0.05) is 24.8 Å². The van der Waals surface area contributed by atoms with Gasteiger partial charge in [-0.15, -0.1) is 0 Å². The lowest BCUT2D eigenvalue weighted by Crippen LogP contribution is -2.38. The van der Waals surface area contributed by atoms with E-state index in [9.17, 15) is 5.26 Å². The number of pyridine rings is 1. The monoisotopic (exact) mass is 270 g/mol. The predicted octanol–water partition coefficient (Wildman–Crippen LogP) is 2.13. The normalized spacial score (nSPS) is 29.1. The smallest absolute Gasteiger partial charge is 0.147 e. The number of nitrogens with zero attached hydrogens (tertiary/aromatic N) is 3. The van der Waals surface area contributed by atoms with Gasteiger partial charge in [-0.05, 0) is 50.2 Å². The minimum absolute atomic E-state index is 0.315. The first-order valence-electron chi connectivity index (χ1n) is 7.49. The van der Waals surface area contributed by atoms with E-state index in [4.69, 9.17) is 5.73 Å². The number of aryl methyl sites for hydroxylation is 2. The summed E-state index contributed by atoms with van der Waals surface area (Å²) in [6.07, 6.45) is 3.64. The van der Waals surface area contributed by atoms with Crippen LogP contribution in [0, 0.1) is 37.0 Å². The van der Waals surface area contributed by atoms with Crippen LogP contribution in [-0.4, -0.2) is 24.1 Å². The van der Waals surface area contributed by atoms with E-state index in [1.807, 2.05) is 19.9 Å². The molecule has 20 heavy (non-hydrogen) atoms. The van der Waals surface area contributed by atoms with Crippen molar-refractivity contribution in [2.45, 2.75) is 39.2 Å². The molecule has 2 fully saturated rings. The maximum Gasteiger partial charge on any atom is 0.147 e. The summed E-state index contributed by atoms with van der Waals surface area (Å²) in [5.74, 6) is 2.11. The van der Waals surface area contributed by atoms with Crippen molar-refractivity contribution >= 4 is 5.82 Å². The summed E-state index contributed by atoms with van der Waals surface area (Å²) in [5.41, 5.74) is 9.01. The lowest BCUT2D eigenvalue weighted by atomic mass is 9.78. The minimum Gasteiger partial charge on any atom is -0.355 e. The Bertz CT molecular complexity index is 560. The first-order chi connectivity index (χ1) is 9.60. The molecule has 1 saturated carbocycles. The molecule has 4 nitrogen and oxygen atoms in total. The molecule has 0 aromatic carbocycles. The number of nitrogens with two attached hydrogens (primary N) is 1. The van der Waals surface area contributed by atoms with E-state index >= 15 is 0 Å². The molecule has 3 unspecified atom stereocenters. The summed E-state index contributed by atoms with van der Waals surface area (Å²) in [4.78, 5) is 6.92. The number of anilines is 1. The van der Waals surface area contributed by atoms with Gasteiger partial charge < -0.3 is 10.6 Å². The summed E-state index contributed by atoms with van der Waals surface area (Å²) in [6.45, 7) is 5.94. The lowest BCUT2D eigenvalue weighted by molar-refractivity contribution is 0.260. The third-order valence-electron chi connectivity index (χ3n) is 4.89. The van der Waals surface area contributed by atoms with E-state index in [0.717, 1.165) is 42.1 Å². The van der Waals surface area contributed by atoms with Crippen molar-refractivity contribution in [1.82, 2.24) is 4.98 Å². The van der Waals surface area contributed by atoms with E-state index in [1.165, 1.54) is 12.8 Å². The molecule has 0 bridgehead atoms. The van der Waals surface area contributed by atoms with Crippen molar-refractivity contribution in [2.24, 2.45) is 17.6 Å². The molecule has 0 spiro atoms. The zero-order valence-electron chi connectivity index (χ0n) is 12.3. The molecule has 1 saturated heterocycles. The summed E-state index contributed by atoms with van der Waals surface area (Å²) in [6, 6.07) is 4.62. The number of rotatable bonds is 1. The van der Waals surface area contributed by atoms with Crippen LogP contribution < -0.4 is 10.6 Å². The Labute approximate surface area is 120 Å². The van der Waals surface area contributed by atoms with Crippen LogP contribution in [0.3, 0.4) is 0 Å². The van der Waals surface area contributed by atoms with Gasteiger partial charge in [0.15, 0.2) is 0 Å². The van der Waals surface area contributed by atoms with Crippen molar-refractivity contribution in [3.63, 3.8) is 0 Å². The summed E-state index contributed by atoms with van der Waals surface area (Å²) in [7, 11) is 0. The summed E-state index contributed by atoms with van der Waals surface area (Å²) >= 11 is 0. The molecule has 4 heteroatoms. The largest absolute Gasteiger partial charge is 0.355 e. The second-order valence-corrected chi connectivity index (χ2v) is 6.31. The fourth-order valence-corrected chi connectivity index (χ4v) is 3.87. The van der Waals surface area contributed by atoms with Gasteiger partial charge in [-0.2, -0.15) is 5.26 Å². The van der Waals surface area contributed by atoms with E-state index in [-0.39, 0.29) is 0 Å². The number of aromatic nitrogens is 1.